The third-order valence-electron chi connectivity index (χ3n) is 2.18. The molecular weight excluding hydrogens is 212 g/mol. The van der Waals surface area contributed by atoms with Gasteiger partial charge in [-0.15, -0.1) is 0 Å². The second kappa shape index (κ2) is 3.84. The average molecular weight is 221 g/mol. The summed E-state index contributed by atoms with van der Waals surface area (Å²) in [6, 6.07) is 3.32. The van der Waals surface area contributed by atoms with Gasteiger partial charge in [0.2, 0.25) is 5.95 Å². The van der Waals surface area contributed by atoms with E-state index < -0.39 is 11.6 Å². The van der Waals surface area contributed by atoms with E-state index >= 15 is 0 Å². The second-order valence-corrected chi connectivity index (χ2v) is 3.38. The zero-order chi connectivity index (χ0) is 11.7. The van der Waals surface area contributed by atoms with Crippen LogP contribution >= 0.6 is 0 Å². The molecule has 1 heterocycles. The number of nitrogen functional groups attached to an aromatic ring is 1. The Morgan fingerprint density at radius 2 is 2.00 bits per heavy atom. The molecule has 1 aromatic carbocycles. The molecule has 0 aliphatic carbocycles. The molecule has 0 aliphatic rings. The summed E-state index contributed by atoms with van der Waals surface area (Å²) in [5.74, 6) is -1.23. The Bertz CT molecular complexity index is 541. The first-order valence-corrected chi connectivity index (χ1v) is 4.62. The highest BCUT2D eigenvalue weighted by molar-refractivity contribution is 5.64. The molecule has 0 saturated heterocycles. The van der Waals surface area contributed by atoms with Crippen LogP contribution in [0.1, 0.15) is 5.56 Å². The third-order valence-corrected chi connectivity index (χ3v) is 2.18. The van der Waals surface area contributed by atoms with E-state index in [0.717, 1.165) is 6.07 Å². The number of rotatable bonds is 1. The van der Waals surface area contributed by atoms with Crippen molar-refractivity contribution in [2.75, 3.05) is 5.73 Å². The molecule has 3 nitrogen and oxygen atoms in total. The van der Waals surface area contributed by atoms with Gasteiger partial charge < -0.3 is 5.73 Å². The second-order valence-electron chi connectivity index (χ2n) is 3.38. The van der Waals surface area contributed by atoms with Crippen molar-refractivity contribution >= 4 is 5.95 Å². The topological polar surface area (TPSA) is 51.8 Å². The van der Waals surface area contributed by atoms with E-state index in [4.69, 9.17) is 5.73 Å². The number of nitrogens with two attached hydrogens (primary N) is 1. The van der Waals surface area contributed by atoms with Crippen LogP contribution in [0.25, 0.3) is 11.3 Å². The summed E-state index contributed by atoms with van der Waals surface area (Å²) in [4.78, 5) is 7.72. The first-order chi connectivity index (χ1) is 7.58. The molecule has 0 unspecified atom stereocenters. The van der Waals surface area contributed by atoms with Crippen molar-refractivity contribution in [3.63, 3.8) is 0 Å². The Morgan fingerprint density at radius 1 is 1.25 bits per heavy atom. The van der Waals surface area contributed by atoms with Crippen molar-refractivity contribution in [3.05, 3.63) is 41.6 Å². The molecule has 0 saturated carbocycles. The van der Waals surface area contributed by atoms with Crippen LogP contribution in [0.4, 0.5) is 14.7 Å². The van der Waals surface area contributed by atoms with Crippen LogP contribution in [0.2, 0.25) is 0 Å². The number of halogens is 2. The number of anilines is 1. The van der Waals surface area contributed by atoms with Crippen LogP contribution in [0, 0.1) is 18.6 Å². The summed E-state index contributed by atoms with van der Waals surface area (Å²) in [6.07, 6.45) is 1.50. The molecule has 1 aromatic heterocycles. The molecule has 16 heavy (non-hydrogen) atoms. The maximum atomic E-state index is 13.5. The minimum absolute atomic E-state index is 0.0596. The van der Waals surface area contributed by atoms with E-state index in [9.17, 15) is 8.78 Å². The number of benzene rings is 1. The van der Waals surface area contributed by atoms with Crippen molar-refractivity contribution in [1.29, 1.82) is 0 Å². The smallest absolute Gasteiger partial charge is 0.220 e. The molecule has 0 radical (unpaired) electrons. The zero-order valence-electron chi connectivity index (χ0n) is 8.54. The zero-order valence-corrected chi connectivity index (χ0v) is 8.54. The fourth-order valence-electron chi connectivity index (χ4n) is 1.41. The van der Waals surface area contributed by atoms with E-state index in [0.29, 0.717) is 11.3 Å². The van der Waals surface area contributed by atoms with Gasteiger partial charge in [0, 0.05) is 17.8 Å². The van der Waals surface area contributed by atoms with Gasteiger partial charge in [0.15, 0.2) is 0 Å². The molecule has 0 bridgehead atoms. The Hall–Kier alpha value is -2.04. The van der Waals surface area contributed by atoms with Crippen molar-refractivity contribution in [2.24, 2.45) is 0 Å². The molecule has 0 fully saturated rings. The monoisotopic (exact) mass is 221 g/mol. The maximum absolute atomic E-state index is 13.5. The predicted octanol–water partition coefficient (Wildman–Crippen LogP) is 2.31. The van der Waals surface area contributed by atoms with E-state index in [-0.39, 0.29) is 11.5 Å². The molecule has 2 N–H and O–H groups in total. The Kier molecular flexibility index (Phi) is 2.52. The summed E-state index contributed by atoms with van der Waals surface area (Å²) in [5.41, 5.74) is 6.70. The van der Waals surface area contributed by atoms with Crippen LogP contribution in [0.15, 0.2) is 24.4 Å². The van der Waals surface area contributed by atoms with Gasteiger partial charge in [0.05, 0.1) is 5.69 Å². The normalized spacial score (nSPS) is 10.4. The standard InChI is InChI=1S/C11H9F2N3/c1-6-5-15-11(14)16-10(6)8-3-2-7(12)4-9(8)13/h2-5H,1H3,(H2,14,15,16). The van der Waals surface area contributed by atoms with Gasteiger partial charge in [-0.05, 0) is 24.6 Å². The first kappa shape index (κ1) is 10.5. The summed E-state index contributed by atoms with van der Waals surface area (Å²) in [5, 5.41) is 0. The minimum Gasteiger partial charge on any atom is -0.368 e. The molecule has 5 heteroatoms. The van der Waals surface area contributed by atoms with E-state index in [1.807, 2.05) is 0 Å². The lowest BCUT2D eigenvalue weighted by Crippen LogP contribution is -1.99. The third kappa shape index (κ3) is 1.84. The number of hydrogen-bond acceptors (Lipinski definition) is 3. The predicted molar refractivity (Wildman–Crippen MR) is 56.5 cm³/mol. The van der Waals surface area contributed by atoms with Crippen LogP contribution in [0.3, 0.4) is 0 Å². The highest BCUT2D eigenvalue weighted by atomic mass is 19.1. The SMILES string of the molecule is Cc1cnc(N)nc1-c1ccc(F)cc1F. The van der Waals surface area contributed by atoms with Crippen molar-refractivity contribution in [3.8, 4) is 11.3 Å². The minimum atomic E-state index is -0.666. The quantitative estimate of drug-likeness (QED) is 0.803. The first-order valence-electron chi connectivity index (χ1n) is 4.62. The lowest BCUT2D eigenvalue weighted by atomic mass is 10.1. The van der Waals surface area contributed by atoms with Gasteiger partial charge in [-0.1, -0.05) is 0 Å². The Balaban J connectivity index is 2.62. The van der Waals surface area contributed by atoms with E-state index in [1.165, 1.54) is 18.3 Å². The summed E-state index contributed by atoms with van der Waals surface area (Å²) >= 11 is 0. The van der Waals surface area contributed by atoms with Gasteiger partial charge >= 0.3 is 0 Å². The summed E-state index contributed by atoms with van der Waals surface area (Å²) in [7, 11) is 0. The molecule has 2 aromatic rings. The van der Waals surface area contributed by atoms with E-state index in [2.05, 4.69) is 9.97 Å². The lowest BCUT2D eigenvalue weighted by Gasteiger charge is -2.06. The summed E-state index contributed by atoms with van der Waals surface area (Å²) < 4.78 is 26.3. The van der Waals surface area contributed by atoms with Gasteiger partial charge in [-0.2, -0.15) is 0 Å². The highest BCUT2D eigenvalue weighted by Crippen LogP contribution is 2.24. The Morgan fingerprint density at radius 3 is 2.69 bits per heavy atom. The van der Waals surface area contributed by atoms with Crippen LogP contribution < -0.4 is 5.73 Å². The van der Waals surface area contributed by atoms with E-state index in [1.54, 1.807) is 6.92 Å². The van der Waals surface area contributed by atoms with Gasteiger partial charge in [0.25, 0.3) is 0 Å². The fourth-order valence-corrected chi connectivity index (χ4v) is 1.41. The number of aryl methyl sites for hydroxylation is 1. The van der Waals surface area contributed by atoms with Gasteiger partial charge in [-0.25, -0.2) is 18.7 Å². The average Bonchev–Trinajstić information content (AvgIpc) is 2.22. The molecular formula is C11H9F2N3. The van der Waals surface area contributed by atoms with Crippen LogP contribution in [0.5, 0.6) is 0 Å². The van der Waals surface area contributed by atoms with Gasteiger partial charge in [0.1, 0.15) is 11.6 Å². The molecule has 0 atom stereocenters. The summed E-state index contributed by atoms with van der Waals surface area (Å²) in [6.45, 7) is 1.73. The molecule has 82 valence electrons. The fraction of sp³-hybridized carbons (Fsp3) is 0.0909. The number of hydrogen-bond donors (Lipinski definition) is 1. The molecule has 0 aliphatic heterocycles. The number of nitrogens with zero attached hydrogens (tertiary/aromatic N) is 2. The Labute approximate surface area is 91.0 Å². The molecule has 0 spiro atoms. The van der Waals surface area contributed by atoms with Gasteiger partial charge in [-0.3, -0.25) is 0 Å². The maximum Gasteiger partial charge on any atom is 0.220 e. The van der Waals surface area contributed by atoms with Crippen LogP contribution in [-0.4, -0.2) is 9.97 Å². The lowest BCUT2D eigenvalue weighted by molar-refractivity contribution is 0.585. The molecule has 2 rings (SSSR count). The largest absolute Gasteiger partial charge is 0.368 e. The number of aromatic nitrogens is 2. The van der Waals surface area contributed by atoms with Crippen molar-refractivity contribution in [2.45, 2.75) is 6.92 Å². The van der Waals surface area contributed by atoms with Crippen molar-refractivity contribution in [1.82, 2.24) is 9.97 Å². The van der Waals surface area contributed by atoms with Crippen molar-refractivity contribution < 1.29 is 8.78 Å². The van der Waals surface area contributed by atoms with Crippen LogP contribution in [-0.2, 0) is 0 Å². The highest BCUT2D eigenvalue weighted by Gasteiger charge is 2.11. The molecule has 0 amide bonds.